The second-order valence-corrected chi connectivity index (χ2v) is 6.51. The van der Waals surface area contributed by atoms with Crippen molar-refractivity contribution in [2.75, 3.05) is 26.2 Å². The third-order valence-corrected chi connectivity index (χ3v) is 5.03. The Labute approximate surface area is 124 Å². The molecule has 6 nitrogen and oxygen atoms in total. The lowest BCUT2D eigenvalue weighted by Gasteiger charge is -2.48. The van der Waals surface area contributed by atoms with E-state index in [0.29, 0.717) is 32.7 Å². The highest BCUT2D eigenvalue weighted by atomic mass is 16.6. The van der Waals surface area contributed by atoms with Gasteiger partial charge in [0.25, 0.3) is 0 Å². The number of rotatable bonds is 3. The van der Waals surface area contributed by atoms with E-state index in [1.54, 1.807) is 11.8 Å². The smallest absolute Gasteiger partial charge is 0.410 e. The van der Waals surface area contributed by atoms with Gasteiger partial charge < -0.3 is 14.5 Å². The van der Waals surface area contributed by atoms with Crippen molar-refractivity contribution >= 4 is 17.8 Å². The highest BCUT2D eigenvalue weighted by Crippen LogP contribution is 2.46. The van der Waals surface area contributed by atoms with Crippen LogP contribution in [0.2, 0.25) is 0 Å². The van der Waals surface area contributed by atoms with E-state index in [0.717, 1.165) is 25.7 Å². The molecule has 0 aromatic rings. The Morgan fingerprint density at radius 1 is 1.33 bits per heavy atom. The van der Waals surface area contributed by atoms with Crippen LogP contribution in [0.15, 0.2) is 0 Å². The summed E-state index contributed by atoms with van der Waals surface area (Å²) in [4.78, 5) is 39.6. The molecule has 3 aliphatic rings. The van der Waals surface area contributed by atoms with Gasteiger partial charge in [-0.15, -0.1) is 0 Å². The number of carbonyl (C=O) groups is 3. The Kier molecular flexibility index (Phi) is 3.63. The first-order valence-electron chi connectivity index (χ1n) is 7.74. The zero-order valence-corrected chi connectivity index (χ0v) is 12.5. The minimum absolute atomic E-state index is 0.0680. The topological polar surface area (TPSA) is 66.9 Å². The van der Waals surface area contributed by atoms with E-state index in [2.05, 4.69) is 0 Å². The van der Waals surface area contributed by atoms with Crippen LogP contribution < -0.4 is 0 Å². The summed E-state index contributed by atoms with van der Waals surface area (Å²) in [7, 11) is 0. The second kappa shape index (κ2) is 5.31. The third kappa shape index (κ3) is 2.51. The first-order valence-corrected chi connectivity index (χ1v) is 7.74. The van der Waals surface area contributed by atoms with Crippen molar-refractivity contribution in [2.45, 2.75) is 45.1 Å². The van der Waals surface area contributed by atoms with Gasteiger partial charge in [0.1, 0.15) is 5.78 Å². The summed E-state index contributed by atoms with van der Waals surface area (Å²) in [6, 6.07) is 0.0680. The van der Waals surface area contributed by atoms with Crippen LogP contribution in [0.3, 0.4) is 0 Å². The summed E-state index contributed by atoms with van der Waals surface area (Å²) in [6.45, 7) is 3.64. The molecule has 2 aliphatic heterocycles. The van der Waals surface area contributed by atoms with Crippen LogP contribution in [0.4, 0.5) is 4.79 Å². The molecule has 1 unspecified atom stereocenters. The standard InChI is InChI=1S/C15H22N2O4/c1-11(18)9-15(4-2-5-15)13(19)16-6-7-17-12(10-16)3-8-21-14(17)20/h12H,2-10H2,1H3. The Morgan fingerprint density at radius 3 is 2.71 bits per heavy atom. The van der Waals surface area contributed by atoms with E-state index in [1.165, 1.54) is 0 Å². The van der Waals surface area contributed by atoms with Crippen molar-refractivity contribution in [1.29, 1.82) is 0 Å². The number of ether oxygens (including phenoxy) is 1. The quantitative estimate of drug-likeness (QED) is 0.784. The van der Waals surface area contributed by atoms with Crippen LogP contribution in [0.1, 0.15) is 39.0 Å². The summed E-state index contributed by atoms with van der Waals surface area (Å²) in [6.07, 6.45) is 3.53. The van der Waals surface area contributed by atoms with Crippen molar-refractivity contribution in [2.24, 2.45) is 5.41 Å². The van der Waals surface area contributed by atoms with Gasteiger partial charge >= 0.3 is 6.09 Å². The lowest BCUT2D eigenvalue weighted by molar-refractivity contribution is -0.153. The summed E-state index contributed by atoms with van der Waals surface area (Å²) >= 11 is 0. The van der Waals surface area contributed by atoms with Crippen molar-refractivity contribution in [3.05, 3.63) is 0 Å². The number of fused-ring (bicyclic) bond motifs is 1. The maximum absolute atomic E-state index is 12.8. The zero-order valence-electron chi connectivity index (χ0n) is 12.5. The van der Waals surface area contributed by atoms with Crippen molar-refractivity contribution < 1.29 is 19.1 Å². The summed E-state index contributed by atoms with van der Waals surface area (Å²) < 4.78 is 5.03. The van der Waals surface area contributed by atoms with Gasteiger partial charge in [-0.3, -0.25) is 9.59 Å². The monoisotopic (exact) mass is 294 g/mol. The molecule has 21 heavy (non-hydrogen) atoms. The molecule has 2 amide bonds. The number of carbonyl (C=O) groups excluding carboxylic acids is 3. The maximum Gasteiger partial charge on any atom is 0.410 e. The van der Waals surface area contributed by atoms with E-state index in [9.17, 15) is 14.4 Å². The number of nitrogens with zero attached hydrogens (tertiary/aromatic N) is 2. The Bertz CT molecular complexity index is 472. The first kappa shape index (κ1) is 14.4. The molecule has 3 rings (SSSR count). The van der Waals surface area contributed by atoms with E-state index in [1.807, 2.05) is 4.90 Å². The fourth-order valence-electron chi connectivity index (χ4n) is 3.77. The second-order valence-electron chi connectivity index (χ2n) is 6.51. The number of hydrogen-bond donors (Lipinski definition) is 0. The van der Waals surface area contributed by atoms with E-state index in [4.69, 9.17) is 4.74 Å². The average Bonchev–Trinajstić information content (AvgIpc) is 2.42. The van der Waals surface area contributed by atoms with Crippen LogP contribution in [0.25, 0.3) is 0 Å². The highest BCUT2D eigenvalue weighted by molar-refractivity contribution is 5.90. The minimum atomic E-state index is -0.455. The lowest BCUT2D eigenvalue weighted by atomic mass is 9.65. The molecule has 0 bridgehead atoms. The number of piperazine rings is 1. The Morgan fingerprint density at radius 2 is 2.10 bits per heavy atom. The largest absolute Gasteiger partial charge is 0.449 e. The molecule has 1 atom stereocenters. The third-order valence-electron chi connectivity index (χ3n) is 5.03. The molecule has 0 aromatic heterocycles. The number of hydrogen-bond acceptors (Lipinski definition) is 4. The minimum Gasteiger partial charge on any atom is -0.449 e. The predicted molar refractivity (Wildman–Crippen MR) is 74.6 cm³/mol. The molecular formula is C15H22N2O4. The van der Waals surface area contributed by atoms with Gasteiger partial charge in [0.05, 0.1) is 18.1 Å². The number of Topliss-reactive ketones (excluding diaryl/α,β-unsaturated/α-hetero) is 1. The average molecular weight is 294 g/mol. The summed E-state index contributed by atoms with van der Waals surface area (Å²) in [5, 5.41) is 0. The normalized spacial score (nSPS) is 27.5. The van der Waals surface area contributed by atoms with Crippen molar-refractivity contribution in [1.82, 2.24) is 9.80 Å². The molecule has 0 N–H and O–H groups in total. The highest BCUT2D eigenvalue weighted by Gasteiger charge is 2.48. The molecule has 3 fully saturated rings. The summed E-state index contributed by atoms with van der Waals surface area (Å²) in [5.41, 5.74) is -0.455. The van der Waals surface area contributed by atoms with Crippen molar-refractivity contribution in [3.63, 3.8) is 0 Å². The van der Waals surface area contributed by atoms with E-state index in [-0.39, 0.29) is 23.8 Å². The zero-order chi connectivity index (χ0) is 15.0. The first-order chi connectivity index (χ1) is 10.0. The molecule has 116 valence electrons. The van der Waals surface area contributed by atoms with Crippen LogP contribution in [0, 0.1) is 5.41 Å². The molecular weight excluding hydrogens is 272 g/mol. The van der Waals surface area contributed by atoms with Crippen LogP contribution in [-0.4, -0.2) is 59.9 Å². The molecule has 6 heteroatoms. The van der Waals surface area contributed by atoms with E-state index >= 15 is 0 Å². The van der Waals surface area contributed by atoms with Gasteiger partial charge in [0, 0.05) is 32.5 Å². The van der Waals surface area contributed by atoms with Gasteiger partial charge in [0.15, 0.2) is 0 Å². The van der Waals surface area contributed by atoms with Gasteiger partial charge in [-0.1, -0.05) is 6.42 Å². The lowest BCUT2D eigenvalue weighted by Crippen LogP contribution is -2.61. The Balaban J connectivity index is 1.68. The summed E-state index contributed by atoms with van der Waals surface area (Å²) in [5.74, 6) is 0.200. The fourth-order valence-corrected chi connectivity index (χ4v) is 3.77. The van der Waals surface area contributed by atoms with Gasteiger partial charge in [-0.05, 0) is 19.8 Å². The molecule has 1 aliphatic carbocycles. The fraction of sp³-hybridized carbons (Fsp3) is 0.800. The van der Waals surface area contributed by atoms with Crippen molar-refractivity contribution in [3.8, 4) is 0 Å². The van der Waals surface area contributed by atoms with Crippen LogP contribution in [-0.2, 0) is 14.3 Å². The molecule has 1 saturated carbocycles. The van der Waals surface area contributed by atoms with Crippen LogP contribution in [0.5, 0.6) is 0 Å². The molecule has 0 radical (unpaired) electrons. The van der Waals surface area contributed by atoms with Gasteiger partial charge in [-0.2, -0.15) is 0 Å². The molecule has 0 spiro atoms. The number of ketones is 1. The van der Waals surface area contributed by atoms with Gasteiger partial charge in [-0.25, -0.2) is 4.79 Å². The predicted octanol–water partition coefficient (Wildman–Crippen LogP) is 1.19. The van der Waals surface area contributed by atoms with Crippen LogP contribution >= 0.6 is 0 Å². The number of amides is 2. The maximum atomic E-state index is 12.8. The molecule has 2 heterocycles. The SMILES string of the molecule is CC(=O)CC1(C(=O)N2CCN3C(=O)OCCC3C2)CCC1. The van der Waals surface area contributed by atoms with Gasteiger partial charge in [0.2, 0.25) is 5.91 Å². The number of cyclic esters (lactones) is 1. The van der Waals surface area contributed by atoms with E-state index < -0.39 is 5.41 Å². The molecule has 0 aromatic carbocycles. The Hall–Kier alpha value is -1.59. The molecule has 2 saturated heterocycles.